The van der Waals surface area contributed by atoms with Crippen molar-refractivity contribution in [2.24, 2.45) is 0 Å². The number of aryl methyl sites for hydroxylation is 2. The van der Waals surface area contributed by atoms with Crippen molar-refractivity contribution < 1.29 is 18.7 Å². The summed E-state index contributed by atoms with van der Waals surface area (Å²) in [7, 11) is 0. The molecule has 0 fully saturated rings. The van der Waals surface area contributed by atoms with Crippen LogP contribution in [0.2, 0.25) is 0 Å². The molecule has 0 bridgehead atoms. The number of hydrogen-bond acceptors (Lipinski definition) is 8. The van der Waals surface area contributed by atoms with Gasteiger partial charge < -0.3 is 24.5 Å². The molecular formula is C29H32N4O4. The van der Waals surface area contributed by atoms with Crippen molar-refractivity contribution in [1.82, 2.24) is 9.97 Å². The van der Waals surface area contributed by atoms with Gasteiger partial charge in [-0.25, -0.2) is 9.78 Å². The van der Waals surface area contributed by atoms with Gasteiger partial charge >= 0.3 is 5.97 Å². The number of pyridine rings is 1. The van der Waals surface area contributed by atoms with E-state index in [2.05, 4.69) is 27.8 Å². The fourth-order valence-corrected chi connectivity index (χ4v) is 4.43. The van der Waals surface area contributed by atoms with E-state index in [4.69, 9.17) is 18.9 Å². The molecule has 2 N–H and O–H groups in total. The molecule has 2 aromatic carbocycles. The normalized spacial score (nSPS) is 13.4. The van der Waals surface area contributed by atoms with Crippen molar-refractivity contribution in [2.75, 3.05) is 30.4 Å². The Labute approximate surface area is 216 Å². The summed E-state index contributed by atoms with van der Waals surface area (Å²) in [5, 5.41) is 6.49. The van der Waals surface area contributed by atoms with Gasteiger partial charge in [-0.15, -0.1) is 0 Å². The van der Waals surface area contributed by atoms with Gasteiger partial charge in [0.2, 0.25) is 0 Å². The van der Waals surface area contributed by atoms with E-state index in [1.165, 1.54) is 12.0 Å². The number of carbonyl (C=O) groups excluding carboxylic acids is 1. The highest BCUT2D eigenvalue weighted by Gasteiger charge is 2.22. The van der Waals surface area contributed by atoms with Crippen molar-refractivity contribution in [3.8, 4) is 5.75 Å². The number of anilines is 2. The Kier molecular flexibility index (Phi) is 7.84. The number of hydrogen-bond donors (Lipinski definition) is 2. The lowest BCUT2D eigenvalue weighted by molar-refractivity contribution is -0.144. The summed E-state index contributed by atoms with van der Waals surface area (Å²) in [6.45, 7) is 3.69. The van der Waals surface area contributed by atoms with Gasteiger partial charge in [-0.1, -0.05) is 30.3 Å². The molecule has 192 valence electrons. The summed E-state index contributed by atoms with van der Waals surface area (Å²) >= 11 is 0. The minimum absolute atomic E-state index is 0.295. The van der Waals surface area contributed by atoms with Crippen LogP contribution in [0.5, 0.6) is 5.75 Å². The first-order valence-electron chi connectivity index (χ1n) is 12.9. The third kappa shape index (κ3) is 6.39. The van der Waals surface area contributed by atoms with Crippen LogP contribution in [0.25, 0.3) is 11.1 Å². The lowest BCUT2D eigenvalue weighted by atomic mass is 10.1. The highest BCUT2D eigenvalue weighted by Crippen LogP contribution is 2.22. The Morgan fingerprint density at radius 3 is 2.81 bits per heavy atom. The Balaban J connectivity index is 1.14. The van der Waals surface area contributed by atoms with Crippen LogP contribution >= 0.6 is 0 Å². The molecule has 4 aromatic rings. The average molecular weight is 501 g/mol. The SMILES string of the molecule is CCOC(=O)[C@H](Cc1ccc(OCCCc2ccc3c(n2)NCCC3)cc1)Nc1nc2ccccc2o1. The number of fused-ring (bicyclic) bond motifs is 2. The number of nitrogens with one attached hydrogen (secondary N) is 2. The first kappa shape index (κ1) is 24.6. The van der Waals surface area contributed by atoms with E-state index in [-0.39, 0.29) is 5.97 Å². The molecule has 1 atom stereocenters. The van der Waals surface area contributed by atoms with Crippen LogP contribution < -0.4 is 15.4 Å². The Bertz CT molecular complexity index is 1300. The second kappa shape index (κ2) is 11.8. The molecule has 8 heteroatoms. The average Bonchev–Trinajstić information content (AvgIpc) is 3.34. The van der Waals surface area contributed by atoms with Crippen molar-refractivity contribution in [3.63, 3.8) is 0 Å². The van der Waals surface area contributed by atoms with E-state index < -0.39 is 6.04 Å². The largest absolute Gasteiger partial charge is 0.494 e. The zero-order chi connectivity index (χ0) is 25.5. The number of oxazole rings is 1. The third-order valence-electron chi connectivity index (χ3n) is 6.32. The molecule has 0 amide bonds. The molecule has 0 saturated heterocycles. The van der Waals surface area contributed by atoms with Gasteiger partial charge in [-0.2, -0.15) is 4.98 Å². The van der Waals surface area contributed by atoms with Gasteiger partial charge in [0.05, 0.1) is 13.2 Å². The zero-order valence-corrected chi connectivity index (χ0v) is 21.0. The van der Waals surface area contributed by atoms with E-state index >= 15 is 0 Å². The number of para-hydroxylation sites is 2. The van der Waals surface area contributed by atoms with Gasteiger partial charge in [0, 0.05) is 18.7 Å². The van der Waals surface area contributed by atoms with Crippen molar-refractivity contribution in [2.45, 2.75) is 45.1 Å². The minimum atomic E-state index is -0.626. The highest BCUT2D eigenvalue weighted by molar-refractivity contribution is 5.80. The molecule has 0 radical (unpaired) electrons. The maximum atomic E-state index is 12.6. The summed E-state index contributed by atoms with van der Waals surface area (Å²) < 4.78 is 17.0. The van der Waals surface area contributed by atoms with E-state index in [1.54, 1.807) is 6.92 Å². The van der Waals surface area contributed by atoms with Gasteiger partial charge in [0.15, 0.2) is 5.58 Å². The number of esters is 1. The molecule has 5 rings (SSSR count). The smallest absolute Gasteiger partial charge is 0.329 e. The number of ether oxygens (including phenoxy) is 2. The topological polar surface area (TPSA) is 98.5 Å². The first-order valence-corrected chi connectivity index (χ1v) is 12.9. The number of rotatable bonds is 11. The minimum Gasteiger partial charge on any atom is -0.494 e. The summed E-state index contributed by atoms with van der Waals surface area (Å²) in [5.41, 5.74) is 4.75. The van der Waals surface area contributed by atoms with Gasteiger partial charge in [0.1, 0.15) is 23.1 Å². The number of carbonyl (C=O) groups is 1. The molecule has 0 saturated carbocycles. The molecular weight excluding hydrogens is 468 g/mol. The molecule has 0 aliphatic carbocycles. The molecule has 2 aromatic heterocycles. The highest BCUT2D eigenvalue weighted by atomic mass is 16.5. The van der Waals surface area contributed by atoms with E-state index in [0.717, 1.165) is 54.1 Å². The molecule has 37 heavy (non-hydrogen) atoms. The molecule has 0 spiro atoms. The Morgan fingerprint density at radius 1 is 1.11 bits per heavy atom. The van der Waals surface area contributed by atoms with Crippen LogP contribution in [0.4, 0.5) is 11.8 Å². The summed E-state index contributed by atoms with van der Waals surface area (Å²) in [6.07, 6.45) is 4.44. The maximum Gasteiger partial charge on any atom is 0.329 e. The number of aromatic nitrogens is 2. The van der Waals surface area contributed by atoms with Crippen LogP contribution in [0.3, 0.4) is 0 Å². The third-order valence-corrected chi connectivity index (χ3v) is 6.32. The lowest BCUT2D eigenvalue weighted by Crippen LogP contribution is -2.33. The second-order valence-corrected chi connectivity index (χ2v) is 9.08. The van der Waals surface area contributed by atoms with Crippen LogP contribution in [-0.2, 0) is 28.8 Å². The monoisotopic (exact) mass is 500 g/mol. The Morgan fingerprint density at radius 2 is 1.97 bits per heavy atom. The predicted octanol–water partition coefficient (Wildman–Crippen LogP) is 5.18. The maximum absolute atomic E-state index is 12.6. The standard InChI is InChI=1S/C29H32N4O4/c1-2-35-28(34)25(33-29-32-24-9-3-4-10-26(24)37-29)19-20-11-15-23(16-12-20)36-18-6-8-22-14-13-21-7-5-17-30-27(21)31-22/h3-4,9-16,25H,2,5-8,17-19H2,1H3,(H,30,31)(H,32,33)/t25-/m0/s1. The van der Waals surface area contributed by atoms with Crippen molar-refractivity contribution >= 4 is 28.9 Å². The van der Waals surface area contributed by atoms with Gasteiger partial charge in [0.25, 0.3) is 6.01 Å². The molecule has 8 nitrogen and oxygen atoms in total. The molecule has 3 heterocycles. The predicted molar refractivity (Wildman–Crippen MR) is 143 cm³/mol. The fraction of sp³-hybridized carbons (Fsp3) is 0.345. The number of benzene rings is 2. The van der Waals surface area contributed by atoms with E-state index in [0.29, 0.717) is 31.2 Å². The second-order valence-electron chi connectivity index (χ2n) is 9.08. The summed E-state index contributed by atoms with van der Waals surface area (Å²) in [4.78, 5) is 21.8. The van der Waals surface area contributed by atoms with E-state index in [1.807, 2.05) is 48.5 Å². The van der Waals surface area contributed by atoms with Crippen LogP contribution in [0.1, 0.15) is 36.6 Å². The summed E-state index contributed by atoms with van der Waals surface area (Å²) in [6, 6.07) is 19.2. The van der Waals surface area contributed by atoms with Crippen LogP contribution in [0, 0.1) is 0 Å². The zero-order valence-electron chi connectivity index (χ0n) is 21.0. The van der Waals surface area contributed by atoms with E-state index in [9.17, 15) is 4.79 Å². The molecule has 0 unspecified atom stereocenters. The molecule has 1 aliphatic heterocycles. The van der Waals surface area contributed by atoms with Gasteiger partial charge in [-0.3, -0.25) is 0 Å². The van der Waals surface area contributed by atoms with Crippen LogP contribution in [-0.4, -0.2) is 41.7 Å². The quantitative estimate of drug-likeness (QED) is 0.215. The van der Waals surface area contributed by atoms with Crippen LogP contribution in [0.15, 0.2) is 65.1 Å². The summed E-state index contributed by atoms with van der Waals surface area (Å²) in [5.74, 6) is 1.48. The fourth-order valence-electron chi connectivity index (χ4n) is 4.43. The van der Waals surface area contributed by atoms with Crippen molar-refractivity contribution in [1.29, 1.82) is 0 Å². The van der Waals surface area contributed by atoms with Gasteiger partial charge in [-0.05, 0) is 74.1 Å². The lowest BCUT2D eigenvalue weighted by Gasteiger charge is -2.17. The first-order chi connectivity index (χ1) is 18.2. The number of nitrogens with zero attached hydrogens (tertiary/aromatic N) is 2. The molecule has 1 aliphatic rings. The Hall–Kier alpha value is -4.07. The van der Waals surface area contributed by atoms with Crippen molar-refractivity contribution in [3.05, 3.63) is 77.5 Å².